The first-order valence-corrected chi connectivity index (χ1v) is 5.77. The lowest BCUT2D eigenvalue weighted by Crippen LogP contribution is -2.48. The average Bonchev–Trinajstić information content (AvgIpc) is 2.09. The van der Waals surface area contributed by atoms with Crippen LogP contribution >= 0.6 is 0 Å². The highest BCUT2D eigenvalue weighted by Crippen LogP contribution is 2.28. The van der Waals surface area contributed by atoms with Gasteiger partial charge in [-0.1, -0.05) is 20.8 Å². The van der Waals surface area contributed by atoms with Crippen molar-refractivity contribution in [3.05, 3.63) is 0 Å². The fourth-order valence-corrected chi connectivity index (χ4v) is 1.74. The number of carboxylic acids is 1. The summed E-state index contributed by atoms with van der Waals surface area (Å²) in [4.78, 5) is 24.8. The molecule has 0 rings (SSSR count). The van der Waals surface area contributed by atoms with Crippen molar-refractivity contribution in [3.63, 3.8) is 0 Å². The van der Waals surface area contributed by atoms with Gasteiger partial charge in [0.05, 0.1) is 6.61 Å². The Bertz CT molecular complexity index is 281. The lowest BCUT2D eigenvalue weighted by Gasteiger charge is -2.33. The Morgan fingerprint density at radius 2 is 1.71 bits per heavy atom. The van der Waals surface area contributed by atoms with Gasteiger partial charge in [-0.3, -0.25) is 9.59 Å². The monoisotopic (exact) mass is 245 g/mol. The van der Waals surface area contributed by atoms with Crippen LogP contribution in [-0.2, 0) is 9.59 Å². The van der Waals surface area contributed by atoms with Crippen molar-refractivity contribution in [2.45, 2.75) is 40.7 Å². The van der Waals surface area contributed by atoms with Gasteiger partial charge in [0.2, 0.25) is 5.91 Å². The van der Waals surface area contributed by atoms with E-state index in [4.69, 9.17) is 10.2 Å². The van der Waals surface area contributed by atoms with Gasteiger partial charge in [-0.2, -0.15) is 0 Å². The van der Waals surface area contributed by atoms with E-state index in [1.807, 2.05) is 0 Å². The molecule has 5 heteroatoms. The van der Waals surface area contributed by atoms with E-state index >= 15 is 0 Å². The summed E-state index contributed by atoms with van der Waals surface area (Å²) in [7, 11) is 0. The summed E-state index contributed by atoms with van der Waals surface area (Å²) in [5, 5.41) is 18.1. The van der Waals surface area contributed by atoms with Crippen LogP contribution in [0, 0.1) is 11.3 Å². The third-order valence-electron chi connectivity index (χ3n) is 2.61. The Hall–Kier alpha value is -1.10. The number of amides is 1. The molecule has 0 saturated heterocycles. The van der Waals surface area contributed by atoms with Gasteiger partial charge >= 0.3 is 5.97 Å². The van der Waals surface area contributed by atoms with E-state index in [2.05, 4.69) is 0 Å². The molecule has 17 heavy (non-hydrogen) atoms. The second-order valence-corrected chi connectivity index (χ2v) is 5.49. The van der Waals surface area contributed by atoms with Gasteiger partial charge in [-0.15, -0.1) is 0 Å². The molecule has 0 radical (unpaired) electrons. The number of aliphatic carboxylic acids is 1. The predicted octanol–water partition coefficient (Wildman–Crippen LogP) is 0.963. The molecule has 0 bridgehead atoms. The molecule has 1 atom stereocenters. The number of hydrogen-bond acceptors (Lipinski definition) is 3. The molecule has 1 amide bonds. The number of nitrogens with zero attached hydrogens (tertiary/aromatic N) is 1. The van der Waals surface area contributed by atoms with Gasteiger partial charge < -0.3 is 15.1 Å². The van der Waals surface area contributed by atoms with Crippen molar-refractivity contribution >= 4 is 11.9 Å². The zero-order valence-corrected chi connectivity index (χ0v) is 11.2. The Morgan fingerprint density at radius 1 is 1.24 bits per heavy atom. The normalized spacial score (nSPS) is 13.6. The molecule has 1 unspecified atom stereocenters. The highest BCUT2D eigenvalue weighted by atomic mass is 16.4. The standard InChI is InChI=1S/C12H23NO4/c1-8(2)13(6-7-14)10(15)9(11(16)17)12(3,4)5/h8-9,14H,6-7H2,1-5H3,(H,16,17). The number of aliphatic hydroxyl groups is 1. The van der Waals surface area contributed by atoms with Gasteiger partial charge in [0.15, 0.2) is 0 Å². The number of carbonyl (C=O) groups is 2. The van der Waals surface area contributed by atoms with Crippen LogP contribution in [0.15, 0.2) is 0 Å². The molecule has 0 aliphatic heterocycles. The number of carbonyl (C=O) groups excluding carboxylic acids is 1. The molecule has 0 aliphatic rings. The molecule has 0 saturated carbocycles. The average molecular weight is 245 g/mol. The molecular formula is C12H23NO4. The van der Waals surface area contributed by atoms with Gasteiger partial charge in [-0.25, -0.2) is 0 Å². The topological polar surface area (TPSA) is 77.8 Å². The van der Waals surface area contributed by atoms with E-state index in [-0.39, 0.29) is 19.2 Å². The highest BCUT2D eigenvalue weighted by molar-refractivity contribution is 5.97. The first-order valence-electron chi connectivity index (χ1n) is 5.77. The third-order valence-corrected chi connectivity index (χ3v) is 2.61. The fraction of sp³-hybridized carbons (Fsp3) is 0.833. The number of rotatable bonds is 5. The van der Waals surface area contributed by atoms with Gasteiger partial charge in [0.25, 0.3) is 0 Å². The molecule has 0 spiro atoms. The predicted molar refractivity (Wildman–Crippen MR) is 64.5 cm³/mol. The minimum atomic E-state index is -1.12. The molecule has 0 aromatic rings. The van der Waals surface area contributed by atoms with Crippen LogP contribution in [0.3, 0.4) is 0 Å². The van der Waals surface area contributed by atoms with E-state index in [1.54, 1.807) is 34.6 Å². The van der Waals surface area contributed by atoms with E-state index < -0.39 is 23.2 Å². The summed E-state index contributed by atoms with van der Waals surface area (Å²) in [6, 6.07) is -0.126. The minimum Gasteiger partial charge on any atom is -0.481 e. The zero-order valence-electron chi connectivity index (χ0n) is 11.2. The summed E-state index contributed by atoms with van der Waals surface area (Å²) >= 11 is 0. The Labute approximate surface area is 102 Å². The second kappa shape index (κ2) is 6.00. The molecule has 0 aromatic heterocycles. The van der Waals surface area contributed by atoms with Crippen LogP contribution in [0.4, 0.5) is 0 Å². The first kappa shape index (κ1) is 15.9. The van der Waals surface area contributed by atoms with Crippen LogP contribution in [0.1, 0.15) is 34.6 Å². The Morgan fingerprint density at radius 3 is 1.94 bits per heavy atom. The van der Waals surface area contributed by atoms with Crippen molar-refractivity contribution in [3.8, 4) is 0 Å². The number of aliphatic hydroxyl groups excluding tert-OH is 1. The summed E-state index contributed by atoms with van der Waals surface area (Å²) < 4.78 is 0. The van der Waals surface area contributed by atoms with Crippen molar-refractivity contribution in [2.24, 2.45) is 11.3 Å². The van der Waals surface area contributed by atoms with Crippen molar-refractivity contribution in [1.29, 1.82) is 0 Å². The van der Waals surface area contributed by atoms with Crippen LogP contribution in [0.5, 0.6) is 0 Å². The summed E-state index contributed by atoms with van der Waals surface area (Å²) in [5.41, 5.74) is -0.647. The van der Waals surface area contributed by atoms with Crippen molar-refractivity contribution < 1.29 is 19.8 Å². The summed E-state index contributed by atoms with van der Waals surface area (Å²) in [5.74, 6) is -2.64. The maximum atomic E-state index is 12.2. The highest BCUT2D eigenvalue weighted by Gasteiger charge is 2.40. The molecule has 0 aromatic carbocycles. The molecule has 100 valence electrons. The van der Waals surface area contributed by atoms with E-state index in [0.29, 0.717) is 0 Å². The third kappa shape index (κ3) is 4.34. The Balaban J connectivity index is 5.12. The Kier molecular flexibility index (Phi) is 5.61. The zero-order chi connectivity index (χ0) is 13.8. The quantitative estimate of drug-likeness (QED) is 0.707. The van der Waals surface area contributed by atoms with Crippen LogP contribution < -0.4 is 0 Å². The SMILES string of the molecule is CC(C)N(CCO)C(=O)C(C(=O)O)C(C)(C)C. The first-order chi connectivity index (χ1) is 7.62. The van der Waals surface area contributed by atoms with Crippen molar-refractivity contribution in [2.75, 3.05) is 13.2 Å². The van der Waals surface area contributed by atoms with Crippen LogP contribution in [0.25, 0.3) is 0 Å². The molecule has 2 N–H and O–H groups in total. The summed E-state index contributed by atoms with van der Waals surface area (Å²) in [6.45, 7) is 8.77. The molecule has 0 heterocycles. The van der Waals surface area contributed by atoms with E-state index in [1.165, 1.54) is 4.90 Å². The van der Waals surface area contributed by atoms with Gasteiger partial charge in [-0.05, 0) is 19.3 Å². The van der Waals surface area contributed by atoms with E-state index in [0.717, 1.165) is 0 Å². The van der Waals surface area contributed by atoms with Crippen LogP contribution in [-0.4, -0.2) is 46.2 Å². The van der Waals surface area contributed by atoms with Crippen LogP contribution in [0.2, 0.25) is 0 Å². The second-order valence-electron chi connectivity index (χ2n) is 5.49. The fourth-order valence-electron chi connectivity index (χ4n) is 1.74. The number of carboxylic acid groups (broad SMARTS) is 1. The van der Waals surface area contributed by atoms with Gasteiger partial charge in [0.1, 0.15) is 5.92 Å². The lowest BCUT2D eigenvalue weighted by atomic mass is 9.79. The summed E-state index contributed by atoms with van der Waals surface area (Å²) in [6.07, 6.45) is 0. The minimum absolute atomic E-state index is 0.126. The molecular weight excluding hydrogens is 222 g/mol. The lowest BCUT2D eigenvalue weighted by molar-refractivity contribution is -0.157. The maximum absolute atomic E-state index is 12.2. The largest absolute Gasteiger partial charge is 0.481 e. The number of hydrogen-bond donors (Lipinski definition) is 2. The molecule has 0 fully saturated rings. The molecule has 0 aliphatic carbocycles. The maximum Gasteiger partial charge on any atom is 0.316 e. The van der Waals surface area contributed by atoms with Gasteiger partial charge in [0, 0.05) is 12.6 Å². The van der Waals surface area contributed by atoms with E-state index in [9.17, 15) is 9.59 Å². The molecule has 5 nitrogen and oxygen atoms in total. The van der Waals surface area contributed by atoms with Crippen molar-refractivity contribution in [1.82, 2.24) is 4.90 Å². The smallest absolute Gasteiger partial charge is 0.316 e.